The second kappa shape index (κ2) is 8.16. The summed E-state index contributed by atoms with van der Waals surface area (Å²) in [6.45, 7) is 6.21. The highest BCUT2D eigenvalue weighted by molar-refractivity contribution is 7.13. The largest absolute Gasteiger partial charge is 0.381 e. The van der Waals surface area contributed by atoms with Crippen LogP contribution >= 0.6 is 11.3 Å². The number of hydrogen-bond acceptors (Lipinski definition) is 7. The lowest BCUT2D eigenvalue weighted by Crippen LogP contribution is -2.47. The van der Waals surface area contributed by atoms with Crippen molar-refractivity contribution in [3.8, 4) is 0 Å². The van der Waals surface area contributed by atoms with Crippen LogP contribution in [-0.2, 0) is 17.8 Å². The second-order valence-electron chi connectivity index (χ2n) is 8.88. The maximum Gasteiger partial charge on any atom is 0.255 e. The minimum atomic E-state index is 0.209. The van der Waals surface area contributed by atoms with Gasteiger partial charge >= 0.3 is 0 Å². The number of anilines is 1. The SMILES string of the molecule is CN(Cc1ccc2n(c1=O)C[C@H]1C[C@@H]2CN(c2nncs2)C1)CC1CCOCC1. The van der Waals surface area contributed by atoms with Crippen LogP contribution in [0.5, 0.6) is 0 Å². The molecule has 5 rings (SSSR count). The Kier molecular flexibility index (Phi) is 5.41. The summed E-state index contributed by atoms with van der Waals surface area (Å²) in [6.07, 6.45) is 3.42. The third-order valence-electron chi connectivity index (χ3n) is 6.65. The van der Waals surface area contributed by atoms with Gasteiger partial charge in [-0.3, -0.25) is 4.79 Å². The van der Waals surface area contributed by atoms with Crippen LogP contribution in [0, 0.1) is 11.8 Å². The van der Waals surface area contributed by atoms with Crippen LogP contribution in [0.4, 0.5) is 5.13 Å². The number of fused-ring (bicyclic) bond motifs is 4. The predicted molar refractivity (Wildman–Crippen MR) is 114 cm³/mol. The number of pyridine rings is 1. The third-order valence-corrected chi connectivity index (χ3v) is 7.40. The summed E-state index contributed by atoms with van der Waals surface area (Å²) in [5.74, 6) is 1.58. The highest BCUT2D eigenvalue weighted by Gasteiger charge is 2.36. The van der Waals surface area contributed by atoms with E-state index in [0.29, 0.717) is 17.8 Å². The first-order valence-electron chi connectivity index (χ1n) is 10.7. The maximum atomic E-state index is 13.3. The molecule has 2 atom stereocenters. The van der Waals surface area contributed by atoms with Crippen molar-refractivity contribution in [2.75, 3.05) is 44.8 Å². The van der Waals surface area contributed by atoms with Crippen molar-refractivity contribution < 1.29 is 4.74 Å². The van der Waals surface area contributed by atoms with Crippen LogP contribution in [0.25, 0.3) is 0 Å². The summed E-state index contributed by atoms with van der Waals surface area (Å²) in [6, 6.07) is 4.27. The van der Waals surface area contributed by atoms with E-state index in [1.54, 1.807) is 16.8 Å². The fourth-order valence-corrected chi connectivity index (χ4v) is 5.88. The molecule has 29 heavy (non-hydrogen) atoms. The molecule has 0 spiro atoms. The summed E-state index contributed by atoms with van der Waals surface area (Å²) in [7, 11) is 2.13. The molecule has 156 valence electrons. The lowest BCUT2D eigenvalue weighted by Gasteiger charge is -2.42. The molecule has 5 heterocycles. The van der Waals surface area contributed by atoms with Gasteiger partial charge in [-0.15, -0.1) is 10.2 Å². The molecular weight excluding hydrogens is 386 g/mol. The standard InChI is InChI=1S/C21H29N5O2S/c1-24(9-15-4-6-28-7-5-15)12-17-2-3-19-18-8-16(11-26(19)20(17)27)10-25(13-18)21-23-22-14-29-21/h2-3,14-16,18H,4-13H2,1H3/t16-,18+/m0/s1. The molecule has 8 heteroatoms. The molecule has 2 fully saturated rings. The van der Waals surface area contributed by atoms with Gasteiger partial charge < -0.3 is 19.1 Å². The number of hydrogen-bond donors (Lipinski definition) is 0. The van der Waals surface area contributed by atoms with Gasteiger partial charge in [0.25, 0.3) is 5.56 Å². The molecule has 0 aliphatic carbocycles. The first-order valence-corrected chi connectivity index (χ1v) is 11.6. The second-order valence-corrected chi connectivity index (χ2v) is 9.69. The van der Waals surface area contributed by atoms with Crippen LogP contribution in [0.2, 0.25) is 0 Å². The van der Waals surface area contributed by atoms with E-state index in [2.05, 4.69) is 43.7 Å². The van der Waals surface area contributed by atoms with E-state index in [1.165, 1.54) is 5.69 Å². The number of piperidine rings is 1. The van der Waals surface area contributed by atoms with Crippen LogP contribution in [0.1, 0.15) is 36.4 Å². The molecule has 0 aromatic carbocycles. The van der Waals surface area contributed by atoms with Gasteiger partial charge in [-0.25, -0.2) is 0 Å². The minimum absolute atomic E-state index is 0.209. The molecule has 7 nitrogen and oxygen atoms in total. The number of ether oxygens (including phenoxy) is 1. The van der Waals surface area contributed by atoms with Crippen molar-refractivity contribution in [1.82, 2.24) is 19.7 Å². The predicted octanol–water partition coefficient (Wildman–Crippen LogP) is 2.18. The lowest BCUT2D eigenvalue weighted by molar-refractivity contribution is 0.0549. The van der Waals surface area contributed by atoms with Crippen LogP contribution in [0.15, 0.2) is 22.4 Å². The number of nitrogens with zero attached hydrogens (tertiary/aromatic N) is 5. The van der Waals surface area contributed by atoms with Gasteiger partial charge in [-0.2, -0.15) is 0 Å². The lowest BCUT2D eigenvalue weighted by atomic mass is 9.83. The fraction of sp³-hybridized carbons (Fsp3) is 0.667. The Hall–Kier alpha value is -1.77. The molecule has 3 aliphatic heterocycles. The van der Waals surface area contributed by atoms with E-state index in [0.717, 1.165) is 75.9 Å². The topological polar surface area (TPSA) is 63.5 Å². The smallest absolute Gasteiger partial charge is 0.255 e. The first kappa shape index (κ1) is 19.2. The van der Waals surface area contributed by atoms with E-state index in [1.807, 2.05) is 0 Å². The molecule has 0 radical (unpaired) electrons. The van der Waals surface area contributed by atoms with Gasteiger partial charge in [0.2, 0.25) is 5.13 Å². The minimum Gasteiger partial charge on any atom is -0.381 e. The molecule has 0 N–H and O–H groups in total. The normalized spacial score (nSPS) is 24.7. The Morgan fingerprint density at radius 1 is 1.24 bits per heavy atom. The number of rotatable bonds is 5. The zero-order chi connectivity index (χ0) is 19.8. The van der Waals surface area contributed by atoms with E-state index >= 15 is 0 Å². The Balaban J connectivity index is 1.31. The van der Waals surface area contributed by atoms with E-state index in [-0.39, 0.29) is 5.56 Å². The van der Waals surface area contributed by atoms with Crippen LogP contribution < -0.4 is 10.5 Å². The molecule has 2 aromatic rings. The summed E-state index contributed by atoms with van der Waals surface area (Å²) < 4.78 is 7.53. The molecule has 0 amide bonds. The molecule has 3 aliphatic rings. The van der Waals surface area contributed by atoms with Gasteiger partial charge in [0.05, 0.1) is 0 Å². The molecular formula is C21H29N5O2S. The first-order chi connectivity index (χ1) is 14.2. The summed E-state index contributed by atoms with van der Waals surface area (Å²) in [5, 5.41) is 9.24. The Morgan fingerprint density at radius 3 is 2.90 bits per heavy atom. The molecule has 2 aromatic heterocycles. The summed E-state index contributed by atoms with van der Waals surface area (Å²) in [4.78, 5) is 17.9. The highest BCUT2D eigenvalue weighted by atomic mass is 32.1. The van der Waals surface area contributed by atoms with Crippen molar-refractivity contribution >= 4 is 16.5 Å². The Labute approximate surface area is 175 Å². The van der Waals surface area contributed by atoms with Gasteiger partial charge in [-0.1, -0.05) is 17.4 Å². The van der Waals surface area contributed by atoms with Gasteiger partial charge in [-0.05, 0) is 44.2 Å². The molecule has 0 unspecified atom stereocenters. The van der Waals surface area contributed by atoms with E-state index in [9.17, 15) is 4.79 Å². The van der Waals surface area contributed by atoms with Crippen molar-refractivity contribution in [3.63, 3.8) is 0 Å². The van der Waals surface area contributed by atoms with Gasteiger partial charge in [0.1, 0.15) is 5.51 Å². The number of aromatic nitrogens is 3. The zero-order valence-electron chi connectivity index (χ0n) is 17.0. The summed E-state index contributed by atoms with van der Waals surface area (Å²) >= 11 is 1.60. The van der Waals surface area contributed by atoms with Crippen molar-refractivity contribution in [2.45, 2.75) is 38.3 Å². The van der Waals surface area contributed by atoms with Crippen molar-refractivity contribution in [3.05, 3.63) is 39.3 Å². The van der Waals surface area contributed by atoms with Crippen molar-refractivity contribution in [2.24, 2.45) is 11.8 Å². The Morgan fingerprint density at radius 2 is 2.10 bits per heavy atom. The third kappa shape index (κ3) is 3.98. The quantitative estimate of drug-likeness (QED) is 0.746. The fourth-order valence-electron chi connectivity index (χ4n) is 5.30. The molecule has 2 bridgehead atoms. The van der Waals surface area contributed by atoms with Crippen molar-refractivity contribution in [1.29, 1.82) is 0 Å². The zero-order valence-corrected chi connectivity index (χ0v) is 17.8. The van der Waals surface area contributed by atoms with Crippen LogP contribution in [0.3, 0.4) is 0 Å². The van der Waals surface area contributed by atoms with E-state index in [4.69, 9.17) is 4.74 Å². The average molecular weight is 416 g/mol. The monoisotopic (exact) mass is 415 g/mol. The summed E-state index contributed by atoms with van der Waals surface area (Å²) in [5.41, 5.74) is 4.11. The highest BCUT2D eigenvalue weighted by Crippen LogP contribution is 2.37. The van der Waals surface area contributed by atoms with Gasteiger partial charge in [0.15, 0.2) is 0 Å². The van der Waals surface area contributed by atoms with Crippen LogP contribution in [-0.4, -0.2) is 59.6 Å². The maximum absolute atomic E-state index is 13.3. The van der Waals surface area contributed by atoms with E-state index < -0.39 is 0 Å². The Bertz CT molecular complexity index is 893. The van der Waals surface area contributed by atoms with Gasteiger partial charge in [0, 0.05) is 63.1 Å². The average Bonchev–Trinajstić information content (AvgIpc) is 3.26. The molecule has 0 saturated carbocycles. The molecule has 2 saturated heterocycles.